The number of amides is 2. The minimum atomic E-state index is -0.0824. The molecule has 0 aromatic carbocycles. The molecule has 196 valence electrons. The number of H-pyrrole nitrogens is 2. The van der Waals surface area contributed by atoms with E-state index in [1.54, 1.807) is 0 Å². The van der Waals surface area contributed by atoms with E-state index in [0.717, 1.165) is 45.1 Å². The van der Waals surface area contributed by atoms with Crippen molar-refractivity contribution in [2.45, 2.75) is 82.1 Å². The molecule has 2 aromatic rings. The predicted molar refractivity (Wildman–Crippen MR) is 151 cm³/mol. The Morgan fingerprint density at radius 2 is 0.919 bits per heavy atom. The first-order valence-electron chi connectivity index (χ1n) is 12.9. The molecule has 4 N–H and O–H groups in total. The average molecular weight is 501 g/mol. The summed E-state index contributed by atoms with van der Waals surface area (Å²) in [7, 11) is 0. The molecule has 0 spiro atoms. The van der Waals surface area contributed by atoms with Crippen LogP contribution in [0, 0.1) is 33.1 Å². The third-order valence-corrected chi connectivity index (χ3v) is 8.41. The Morgan fingerprint density at radius 3 is 1.19 bits per heavy atom. The second-order valence-electron chi connectivity index (χ2n) is 11.7. The standard InChI is InChI=1S/C31H40N4O2/c1-14-18(5)27(32-22(14)12-24-16(3)20(7)29(36)34-24)26(31(9,10)11)28-19(6)15(2)23(33-28)13-25-17(4)21(8)30(37)35-25/h12-13,26,32-33H,1-11H3,(H,34,36)(H,35,37)/b24-12-,25-13+. The van der Waals surface area contributed by atoms with Gasteiger partial charge in [-0.3, -0.25) is 9.59 Å². The Labute approximate surface area is 220 Å². The van der Waals surface area contributed by atoms with Gasteiger partial charge in [0.1, 0.15) is 0 Å². The van der Waals surface area contributed by atoms with E-state index in [2.05, 4.69) is 81.2 Å². The maximum atomic E-state index is 12.2. The smallest absolute Gasteiger partial charge is 0.251 e. The lowest BCUT2D eigenvalue weighted by atomic mass is 9.74. The van der Waals surface area contributed by atoms with E-state index < -0.39 is 0 Å². The summed E-state index contributed by atoms with van der Waals surface area (Å²) >= 11 is 0. The van der Waals surface area contributed by atoms with Gasteiger partial charge in [-0.25, -0.2) is 0 Å². The van der Waals surface area contributed by atoms with Crippen molar-refractivity contribution < 1.29 is 9.59 Å². The topological polar surface area (TPSA) is 89.8 Å². The summed E-state index contributed by atoms with van der Waals surface area (Å²) in [5.74, 6) is 0.0166. The van der Waals surface area contributed by atoms with Crippen LogP contribution in [0.3, 0.4) is 0 Å². The van der Waals surface area contributed by atoms with E-state index in [1.165, 1.54) is 33.6 Å². The van der Waals surface area contributed by atoms with Crippen LogP contribution in [0.5, 0.6) is 0 Å². The molecule has 2 aliphatic heterocycles. The highest BCUT2D eigenvalue weighted by Gasteiger charge is 2.35. The lowest BCUT2D eigenvalue weighted by Gasteiger charge is -2.31. The van der Waals surface area contributed by atoms with E-state index in [4.69, 9.17) is 0 Å². The number of carbonyl (C=O) groups is 2. The molecule has 0 saturated heterocycles. The van der Waals surface area contributed by atoms with Crippen molar-refractivity contribution in [3.05, 3.63) is 78.7 Å². The first-order chi connectivity index (χ1) is 17.1. The van der Waals surface area contributed by atoms with Crippen LogP contribution in [0.15, 0.2) is 33.7 Å². The maximum Gasteiger partial charge on any atom is 0.251 e. The van der Waals surface area contributed by atoms with Crippen LogP contribution in [0.25, 0.3) is 12.2 Å². The summed E-state index contributed by atoms with van der Waals surface area (Å²) in [6, 6.07) is 0. The second kappa shape index (κ2) is 9.09. The molecule has 6 nitrogen and oxygen atoms in total. The third-order valence-electron chi connectivity index (χ3n) is 8.41. The zero-order chi connectivity index (χ0) is 27.6. The normalized spacial score (nSPS) is 19.5. The molecule has 4 rings (SSSR count). The Bertz CT molecular complexity index is 1360. The van der Waals surface area contributed by atoms with Gasteiger partial charge in [0.2, 0.25) is 0 Å². The number of nitrogens with one attached hydrogen (secondary N) is 4. The minimum Gasteiger partial charge on any atom is -0.358 e. The van der Waals surface area contributed by atoms with Crippen molar-refractivity contribution >= 4 is 24.0 Å². The van der Waals surface area contributed by atoms with E-state index in [-0.39, 0.29) is 23.1 Å². The number of hydrogen-bond donors (Lipinski definition) is 4. The van der Waals surface area contributed by atoms with Crippen LogP contribution in [0.2, 0.25) is 0 Å². The van der Waals surface area contributed by atoms with Crippen LogP contribution in [0.1, 0.15) is 99.4 Å². The fourth-order valence-electron chi connectivity index (χ4n) is 5.29. The molecule has 1 atom stereocenters. The molecule has 2 aliphatic rings. The van der Waals surface area contributed by atoms with E-state index in [1.807, 2.05) is 27.7 Å². The van der Waals surface area contributed by atoms with Gasteiger partial charge in [0, 0.05) is 51.2 Å². The summed E-state index contributed by atoms with van der Waals surface area (Å²) in [6.07, 6.45) is 4.11. The highest BCUT2D eigenvalue weighted by molar-refractivity contribution is 6.01. The number of carbonyl (C=O) groups excluding carboxylic acids is 2. The molecule has 0 aliphatic carbocycles. The number of rotatable bonds is 4. The van der Waals surface area contributed by atoms with E-state index >= 15 is 0 Å². The molecule has 0 radical (unpaired) electrons. The molecule has 1 unspecified atom stereocenters. The molecule has 2 amide bonds. The second-order valence-corrected chi connectivity index (χ2v) is 11.7. The van der Waals surface area contributed by atoms with Gasteiger partial charge < -0.3 is 20.6 Å². The largest absolute Gasteiger partial charge is 0.358 e. The van der Waals surface area contributed by atoms with Crippen LogP contribution in [0.4, 0.5) is 0 Å². The Balaban J connectivity index is 1.83. The van der Waals surface area contributed by atoms with Gasteiger partial charge in [0.25, 0.3) is 11.8 Å². The summed E-state index contributed by atoms with van der Waals surface area (Å²) in [4.78, 5) is 31.8. The summed E-state index contributed by atoms with van der Waals surface area (Å²) in [5, 5.41) is 5.99. The van der Waals surface area contributed by atoms with Gasteiger partial charge in [0.05, 0.1) is 0 Å². The van der Waals surface area contributed by atoms with Crippen molar-refractivity contribution in [1.82, 2.24) is 20.6 Å². The Hall–Kier alpha value is -3.54. The van der Waals surface area contributed by atoms with Crippen LogP contribution < -0.4 is 10.6 Å². The van der Waals surface area contributed by atoms with Crippen molar-refractivity contribution in [2.75, 3.05) is 0 Å². The molecule has 0 saturated carbocycles. The summed E-state index contributed by atoms with van der Waals surface area (Å²) < 4.78 is 0. The molecule has 0 fully saturated rings. The minimum absolute atomic E-state index is 0.0321. The van der Waals surface area contributed by atoms with Gasteiger partial charge in [-0.05, 0) is 106 Å². The molecule has 0 bridgehead atoms. The van der Waals surface area contributed by atoms with Crippen LogP contribution >= 0.6 is 0 Å². The average Bonchev–Trinajstić information content (AvgIpc) is 3.42. The Morgan fingerprint density at radius 1 is 0.568 bits per heavy atom. The number of hydrogen-bond acceptors (Lipinski definition) is 2. The van der Waals surface area contributed by atoms with Crippen molar-refractivity contribution in [1.29, 1.82) is 0 Å². The molecular formula is C31H40N4O2. The van der Waals surface area contributed by atoms with E-state index in [0.29, 0.717) is 0 Å². The van der Waals surface area contributed by atoms with Gasteiger partial charge in [-0.15, -0.1) is 0 Å². The zero-order valence-corrected chi connectivity index (χ0v) is 24.0. The zero-order valence-electron chi connectivity index (χ0n) is 24.0. The van der Waals surface area contributed by atoms with Gasteiger partial charge in [-0.2, -0.15) is 0 Å². The lowest BCUT2D eigenvalue weighted by molar-refractivity contribution is -0.117. The first-order valence-corrected chi connectivity index (χ1v) is 12.9. The van der Waals surface area contributed by atoms with Crippen molar-refractivity contribution in [2.24, 2.45) is 5.41 Å². The monoisotopic (exact) mass is 500 g/mol. The highest BCUT2D eigenvalue weighted by atomic mass is 16.2. The summed E-state index contributed by atoms with van der Waals surface area (Å²) in [6.45, 7) is 23.1. The van der Waals surface area contributed by atoms with Gasteiger partial charge in [-0.1, -0.05) is 20.8 Å². The highest BCUT2D eigenvalue weighted by Crippen LogP contribution is 2.44. The third kappa shape index (κ3) is 4.43. The fourth-order valence-corrected chi connectivity index (χ4v) is 5.29. The summed E-state index contributed by atoms with van der Waals surface area (Å²) in [5.41, 5.74) is 14.3. The number of aromatic nitrogens is 2. The molecule has 37 heavy (non-hydrogen) atoms. The SMILES string of the molecule is CC1=C(C)/C(=C/c2[nH]c(C(c3[nH]c(/C=C4/NC(=O)C(C)=C4C)c(C)c3C)C(C)(C)C)c(C)c2C)NC1=O. The van der Waals surface area contributed by atoms with Crippen molar-refractivity contribution in [3.8, 4) is 0 Å². The van der Waals surface area contributed by atoms with Gasteiger partial charge >= 0.3 is 0 Å². The first kappa shape index (κ1) is 26.5. The van der Waals surface area contributed by atoms with Crippen LogP contribution in [-0.2, 0) is 9.59 Å². The molecule has 4 heterocycles. The maximum absolute atomic E-state index is 12.2. The fraction of sp³-hybridized carbons (Fsp3) is 0.419. The predicted octanol–water partition coefficient (Wildman–Crippen LogP) is 6.37. The number of aromatic amines is 2. The Kier molecular flexibility index (Phi) is 6.51. The number of allylic oxidation sites excluding steroid dienone is 2. The molecular weight excluding hydrogens is 460 g/mol. The van der Waals surface area contributed by atoms with Gasteiger partial charge in [0.15, 0.2) is 0 Å². The van der Waals surface area contributed by atoms with E-state index in [9.17, 15) is 9.59 Å². The molecule has 2 aromatic heterocycles. The molecule has 6 heteroatoms. The van der Waals surface area contributed by atoms with Crippen molar-refractivity contribution in [3.63, 3.8) is 0 Å². The van der Waals surface area contributed by atoms with Crippen LogP contribution in [-0.4, -0.2) is 21.8 Å². The quantitative estimate of drug-likeness (QED) is 0.393. The lowest BCUT2D eigenvalue weighted by Crippen LogP contribution is -2.22.